The van der Waals surface area contributed by atoms with Crippen molar-refractivity contribution >= 4 is 69.7 Å². The third kappa shape index (κ3) is 5.25. The third-order valence-corrected chi connectivity index (χ3v) is 5.76. The van der Waals surface area contributed by atoms with Gasteiger partial charge in [-0.3, -0.25) is 19.3 Å². The Morgan fingerprint density at radius 1 is 1.07 bits per heavy atom. The summed E-state index contributed by atoms with van der Waals surface area (Å²) in [7, 11) is 0. The van der Waals surface area contributed by atoms with Gasteiger partial charge in [-0.25, -0.2) is 0 Å². The van der Waals surface area contributed by atoms with Gasteiger partial charge in [0.2, 0.25) is 0 Å². The minimum absolute atomic E-state index is 0.0829. The predicted molar refractivity (Wildman–Crippen MR) is 114 cm³/mol. The summed E-state index contributed by atoms with van der Waals surface area (Å²) in [6.45, 7) is -0.216. The molecule has 150 valence electrons. The highest BCUT2D eigenvalue weighted by Gasteiger charge is 2.35. The molecule has 6 nitrogen and oxygen atoms in total. The van der Waals surface area contributed by atoms with Crippen molar-refractivity contribution in [3.05, 3.63) is 67.5 Å². The molecule has 0 aromatic heterocycles. The highest BCUT2D eigenvalue weighted by molar-refractivity contribution is 8.18. The molecular formula is C19H13Cl3N2O4S. The van der Waals surface area contributed by atoms with E-state index < -0.39 is 11.8 Å². The van der Waals surface area contributed by atoms with E-state index in [1.165, 1.54) is 0 Å². The number of primary amides is 1. The second-order valence-corrected chi connectivity index (χ2v) is 8.18. The quantitative estimate of drug-likeness (QED) is 0.614. The van der Waals surface area contributed by atoms with Crippen molar-refractivity contribution < 1.29 is 19.1 Å². The topological polar surface area (TPSA) is 89.7 Å². The summed E-state index contributed by atoms with van der Waals surface area (Å²) >= 11 is 18.8. The van der Waals surface area contributed by atoms with Crippen LogP contribution in [0.2, 0.25) is 15.1 Å². The number of carbonyl (C=O) groups is 3. The Labute approximate surface area is 185 Å². The minimum atomic E-state index is -0.624. The summed E-state index contributed by atoms with van der Waals surface area (Å²) in [5.41, 5.74) is 6.31. The molecular weight excluding hydrogens is 459 g/mol. The van der Waals surface area contributed by atoms with Gasteiger partial charge >= 0.3 is 0 Å². The Kier molecular flexibility index (Phi) is 6.74. The number of carbonyl (C=O) groups excluding carboxylic acids is 3. The maximum absolute atomic E-state index is 12.7. The van der Waals surface area contributed by atoms with Crippen LogP contribution in [-0.4, -0.2) is 28.6 Å². The Hall–Kier alpha value is -2.19. The normalized spacial score (nSPS) is 15.3. The van der Waals surface area contributed by atoms with Crippen molar-refractivity contribution in [3.63, 3.8) is 0 Å². The van der Waals surface area contributed by atoms with Crippen molar-refractivity contribution in [2.45, 2.75) is 6.54 Å². The first-order valence-electron chi connectivity index (χ1n) is 8.14. The van der Waals surface area contributed by atoms with Crippen LogP contribution in [0, 0.1) is 0 Å². The molecule has 2 aromatic carbocycles. The fourth-order valence-corrected chi connectivity index (χ4v) is 3.88. The molecule has 3 amide bonds. The Bertz CT molecular complexity index is 1040. The van der Waals surface area contributed by atoms with E-state index in [2.05, 4.69) is 0 Å². The van der Waals surface area contributed by atoms with E-state index in [0.29, 0.717) is 21.2 Å². The maximum Gasteiger partial charge on any atom is 0.293 e. The van der Waals surface area contributed by atoms with Crippen molar-refractivity contribution in [1.29, 1.82) is 0 Å². The van der Waals surface area contributed by atoms with Gasteiger partial charge in [0.05, 0.1) is 26.5 Å². The molecule has 1 aliphatic heterocycles. The summed E-state index contributed by atoms with van der Waals surface area (Å²) in [4.78, 5) is 37.1. The molecule has 0 atom stereocenters. The molecule has 2 N–H and O–H groups in total. The van der Waals surface area contributed by atoms with E-state index in [4.69, 9.17) is 45.3 Å². The number of rotatable bonds is 6. The van der Waals surface area contributed by atoms with Gasteiger partial charge in [0.15, 0.2) is 6.61 Å². The number of thioether (sulfide) groups is 1. The van der Waals surface area contributed by atoms with E-state index in [0.717, 1.165) is 16.7 Å². The van der Waals surface area contributed by atoms with Crippen LogP contribution < -0.4 is 10.5 Å². The third-order valence-electron chi connectivity index (χ3n) is 3.82. The number of amides is 3. The molecule has 0 aliphatic carbocycles. The van der Waals surface area contributed by atoms with Gasteiger partial charge < -0.3 is 10.5 Å². The molecule has 2 aromatic rings. The number of nitrogens with zero attached hydrogens (tertiary/aromatic N) is 1. The number of nitrogens with two attached hydrogens (primary N) is 1. The Morgan fingerprint density at radius 2 is 1.83 bits per heavy atom. The molecule has 29 heavy (non-hydrogen) atoms. The second-order valence-electron chi connectivity index (χ2n) is 5.96. The second kappa shape index (κ2) is 9.09. The SMILES string of the molecule is NC(=O)COc1ccc(/C=C2\SC(=O)N(Cc3ccc(Cl)c(Cl)c3)C2=O)cc1Cl. The first kappa shape index (κ1) is 21.5. The van der Waals surface area contributed by atoms with Crippen molar-refractivity contribution in [3.8, 4) is 5.75 Å². The highest BCUT2D eigenvalue weighted by Crippen LogP contribution is 2.35. The first-order chi connectivity index (χ1) is 13.7. The summed E-state index contributed by atoms with van der Waals surface area (Å²) in [5, 5.41) is 0.597. The van der Waals surface area contributed by atoms with E-state index in [1.54, 1.807) is 42.5 Å². The van der Waals surface area contributed by atoms with Crippen LogP contribution >= 0.6 is 46.6 Å². The van der Waals surface area contributed by atoms with Gasteiger partial charge in [0.25, 0.3) is 17.1 Å². The van der Waals surface area contributed by atoms with Crippen molar-refractivity contribution in [2.75, 3.05) is 6.61 Å². The zero-order chi connectivity index (χ0) is 21.1. The molecule has 0 unspecified atom stereocenters. The van der Waals surface area contributed by atoms with Gasteiger partial charge in [0, 0.05) is 0 Å². The average molecular weight is 472 g/mol. The molecule has 1 fully saturated rings. The zero-order valence-corrected chi connectivity index (χ0v) is 17.7. The summed E-state index contributed by atoms with van der Waals surface area (Å²) in [5.74, 6) is -0.757. The van der Waals surface area contributed by atoms with Crippen LogP contribution in [0.15, 0.2) is 41.3 Å². The average Bonchev–Trinajstić information content (AvgIpc) is 2.91. The number of ether oxygens (including phenoxy) is 1. The molecule has 0 radical (unpaired) electrons. The van der Waals surface area contributed by atoms with E-state index in [9.17, 15) is 14.4 Å². The standard InChI is InChI=1S/C19H13Cl3N2O4S/c20-12-3-1-11(6-13(12)21)8-24-18(26)16(29-19(24)27)7-10-2-4-15(14(22)5-10)28-9-17(23)25/h1-7H,8-9H2,(H2,23,25)/b16-7-. The summed E-state index contributed by atoms with van der Waals surface area (Å²) < 4.78 is 5.18. The Balaban J connectivity index is 1.76. The molecule has 1 aliphatic rings. The largest absolute Gasteiger partial charge is 0.482 e. The summed E-state index contributed by atoms with van der Waals surface area (Å²) in [6.07, 6.45) is 1.56. The van der Waals surface area contributed by atoms with Crippen LogP contribution in [0.1, 0.15) is 11.1 Å². The monoisotopic (exact) mass is 470 g/mol. The fourth-order valence-electron chi connectivity index (χ4n) is 2.48. The number of hydrogen-bond donors (Lipinski definition) is 1. The molecule has 0 saturated carbocycles. The number of hydrogen-bond acceptors (Lipinski definition) is 5. The lowest BCUT2D eigenvalue weighted by Crippen LogP contribution is -2.27. The maximum atomic E-state index is 12.7. The first-order valence-corrected chi connectivity index (χ1v) is 10.1. The zero-order valence-electron chi connectivity index (χ0n) is 14.7. The smallest absolute Gasteiger partial charge is 0.293 e. The Morgan fingerprint density at radius 3 is 2.48 bits per heavy atom. The van der Waals surface area contributed by atoms with Crippen molar-refractivity contribution in [1.82, 2.24) is 4.90 Å². The molecule has 0 bridgehead atoms. The van der Waals surface area contributed by atoms with Crippen LogP contribution in [-0.2, 0) is 16.1 Å². The van der Waals surface area contributed by atoms with E-state index >= 15 is 0 Å². The number of imide groups is 1. The van der Waals surface area contributed by atoms with Gasteiger partial charge in [-0.15, -0.1) is 0 Å². The molecule has 1 heterocycles. The van der Waals surface area contributed by atoms with E-state index in [-0.39, 0.29) is 34.1 Å². The van der Waals surface area contributed by atoms with Crippen LogP contribution in [0.3, 0.4) is 0 Å². The van der Waals surface area contributed by atoms with Gasteiger partial charge in [-0.1, -0.05) is 46.9 Å². The summed E-state index contributed by atoms with van der Waals surface area (Å²) in [6, 6.07) is 9.68. The molecule has 10 heteroatoms. The van der Waals surface area contributed by atoms with E-state index in [1.807, 2.05) is 0 Å². The van der Waals surface area contributed by atoms with Crippen LogP contribution in [0.5, 0.6) is 5.75 Å². The van der Waals surface area contributed by atoms with Gasteiger partial charge in [-0.2, -0.15) is 0 Å². The van der Waals surface area contributed by atoms with Gasteiger partial charge in [-0.05, 0) is 53.2 Å². The molecule has 0 spiro atoms. The molecule has 1 saturated heterocycles. The minimum Gasteiger partial charge on any atom is -0.482 e. The lowest BCUT2D eigenvalue weighted by Gasteiger charge is -2.13. The predicted octanol–water partition coefficient (Wildman–Crippen LogP) is 4.75. The number of benzene rings is 2. The lowest BCUT2D eigenvalue weighted by molar-refractivity contribution is -0.123. The van der Waals surface area contributed by atoms with Gasteiger partial charge in [0.1, 0.15) is 5.75 Å². The number of halogens is 3. The molecule has 3 rings (SSSR count). The van der Waals surface area contributed by atoms with Crippen LogP contribution in [0.4, 0.5) is 4.79 Å². The highest BCUT2D eigenvalue weighted by atomic mass is 35.5. The van der Waals surface area contributed by atoms with Crippen molar-refractivity contribution in [2.24, 2.45) is 5.73 Å². The van der Waals surface area contributed by atoms with Crippen LogP contribution in [0.25, 0.3) is 6.08 Å². The fraction of sp³-hybridized carbons (Fsp3) is 0.105. The lowest BCUT2D eigenvalue weighted by atomic mass is 10.2.